The third-order valence-electron chi connectivity index (χ3n) is 3.94. The molecule has 0 aliphatic heterocycles. The summed E-state index contributed by atoms with van der Waals surface area (Å²) in [6.07, 6.45) is -1.65. The minimum Gasteiger partial charge on any atom is -0.325 e. The number of benzene rings is 1. The van der Waals surface area contributed by atoms with Gasteiger partial charge in [0, 0.05) is 11.9 Å². The van der Waals surface area contributed by atoms with Crippen LogP contribution in [-0.2, 0) is 6.18 Å². The maximum absolute atomic E-state index is 12.8. The van der Waals surface area contributed by atoms with Crippen LogP contribution < -0.4 is 10.6 Å². The van der Waals surface area contributed by atoms with E-state index in [0.717, 1.165) is 6.07 Å². The second-order valence-electron chi connectivity index (χ2n) is 5.99. The van der Waals surface area contributed by atoms with E-state index in [0.29, 0.717) is 5.69 Å². The van der Waals surface area contributed by atoms with E-state index in [1.54, 1.807) is 24.3 Å². The van der Waals surface area contributed by atoms with Crippen LogP contribution in [0.4, 0.5) is 30.5 Å². The van der Waals surface area contributed by atoms with Gasteiger partial charge in [-0.15, -0.1) is 0 Å². The van der Waals surface area contributed by atoms with E-state index in [1.807, 2.05) is 6.07 Å². The van der Waals surface area contributed by atoms with Crippen molar-refractivity contribution in [2.24, 2.45) is 0 Å². The number of anilines is 3. The molecule has 7 nitrogen and oxygen atoms in total. The van der Waals surface area contributed by atoms with Gasteiger partial charge in [-0.3, -0.25) is 4.79 Å². The first-order chi connectivity index (χ1) is 13.9. The third-order valence-corrected chi connectivity index (χ3v) is 3.94. The number of nitrogens with one attached hydrogen (secondary N) is 2. The first-order valence-electron chi connectivity index (χ1n) is 8.42. The molecule has 0 fully saturated rings. The molecular formula is C19H13F3N6O. The highest BCUT2D eigenvalue weighted by Crippen LogP contribution is 2.28. The van der Waals surface area contributed by atoms with E-state index in [-0.39, 0.29) is 22.8 Å². The van der Waals surface area contributed by atoms with Crippen LogP contribution in [0.25, 0.3) is 5.65 Å². The lowest BCUT2D eigenvalue weighted by Gasteiger charge is -2.09. The van der Waals surface area contributed by atoms with Crippen molar-refractivity contribution < 1.29 is 18.0 Å². The molecule has 2 N–H and O–H groups in total. The van der Waals surface area contributed by atoms with Gasteiger partial charge in [0.15, 0.2) is 5.65 Å². The maximum Gasteiger partial charge on any atom is 0.433 e. The highest BCUT2D eigenvalue weighted by Gasteiger charge is 2.32. The van der Waals surface area contributed by atoms with E-state index in [4.69, 9.17) is 0 Å². The van der Waals surface area contributed by atoms with Gasteiger partial charge >= 0.3 is 6.18 Å². The minimum absolute atomic E-state index is 0.0218. The molecule has 3 heterocycles. The van der Waals surface area contributed by atoms with Gasteiger partial charge < -0.3 is 10.6 Å². The number of carbonyl (C=O) groups excluding carboxylic acids is 1. The Morgan fingerprint density at radius 2 is 1.69 bits per heavy atom. The molecule has 0 radical (unpaired) electrons. The number of fused-ring (bicyclic) bond motifs is 1. The number of amides is 1. The fourth-order valence-corrected chi connectivity index (χ4v) is 2.61. The molecule has 4 rings (SSSR count). The number of hydrogen-bond donors (Lipinski definition) is 2. The average Bonchev–Trinajstić information content (AvgIpc) is 3.12. The summed E-state index contributed by atoms with van der Waals surface area (Å²) in [5, 5.41) is 9.54. The van der Waals surface area contributed by atoms with Crippen LogP contribution >= 0.6 is 0 Å². The van der Waals surface area contributed by atoms with Crippen LogP contribution in [0.2, 0.25) is 0 Å². The number of pyridine rings is 1. The van der Waals surface area contributed by atoms with Gasteiger partial charge in [0.1, 0.15) is 22.9 Å². The summed E-state index contributed by atoms with van der Waals surface area (Å²) < 4.78 is 39.9. The number of aromatic nitrogens is 4. The van der Waals surface area contributed by atoms with Gasteiger partial charge in [-0.2, -0.15) is 18.3 Å². The Morgan fingerprint density at radius 3 is 2.45 bits per heavy atom. The van der Waals surface area contributed by atoms with Crippen molar-refractivity contribution in [2.45, 2.75) is 6.18 Å². The number of rotatable bonds is 4. The Balaban J connectivity index is 1.61. The van der Waals surface area contributed by atoms with Gasteiger partial charge in [0.2, 0.25) is 0 Å². The van der Waals surface area contributed by atoms with Crippen LogP contribution in [0, 0.1) is 0 Å². The molecule has 0 saturated carbocycles. The van der Waals surface area contributed by atoms with E-state index in [9.17, 15) is 18.0 Å². The second kappa shape index (κ2) is 7.23. The molecule has 10 heteroatoms. The van der Waals surface area contributed by atoms with Crippen LogP contribution in [0.3, 0.4) is 0 Å². The van der Waals surface area contributed by atoms with E-state index < -0.39 is 17.8 Å². The molecule has 0 aliphatic carbocycles. The molecule has 1 aromatic carbocycles. The lowest BCUT2D eigenvalue weighted by Crippen LogP contribution is -2.12. The molecule has 0 unspecified atom stereocenters. The van der Waals surface area contributed by atoms with Gasteiger partial charge in [-0.1, -0.05) is 24.3 Å². The molecule has 0 spiro atoms. The number of para-hydroxylation sites is 1. The van der Waals surface area contributed by atoms with E-state index >= 15 is 0 Å². The van der Waals surface area contributed by atoms with Crippen LogP contribution in [0.5, 0.6) is 0 Å². The second-order valence-corrected chi connectivity index (χ2v) is 5.99. The zero-order valence-corrected chi connectivity index (χ0v) is 14.7. The van der Waals surface area contributed by atoms with Gasteiger partial charge in [-0.25, -0.2) is 14.5 Å². The van der Waals surface area contributed by atoms with Crippen molar-refractivity contribution in [3.63, 3.8) is 0 Å². The standard InChI is InChI=1S/C19H13F3N6O/c20-19(21,22)14-7-4-8-15(25-14)26-16-9-10-28-17(27-16)13(11-23-28)18(29)24-12-5-2-1-3-6-12/h1-11H,(H,24,29)(H,25,26,27). The predicted octanol–water partition coefficient (Wildman–Crippen LogP) is 4.14. The smallest absolute Gasteiger partial charge is 0.325 e. The molecule has 1 amide bonds. The summed E-state index contributed by atoms with van der Waals surface area (Å²) >= 11 is 0. The Morgan fingerprint density at radius 1 is 0.931 bits per heavy atom. The van der Waals surface area contributed by atoms with Gasteiger partial charge in [0.05, 0.1) is 6.20 Å². The van der Waals surface area contributed by atoms with Crippen LogP contribution in [0.1, 0.15) is 16.1 Å². The summed E-state index contributed by atoms with van der Waals surface area (Å²) in [4.78, 5) is 20.4. The Kier molecular flexibility index (Phi) is 4.59. The van der Waals surface area contributed by atoms with Crippen LogP contribution in [0.15, 0.2) is 67.0 Å². The first kappa shape index (κ1) is 18.4. The average molecular weight is 398 g/mol. The summed E-state index contributed by atoms with van der Waals surface area (Å²) in [7, 11) is 0. The topological polar surface area (TPSA) is 84.2 Å². The van der Waals surface area contributed by atoms with E-state index in [2.05, 4.69) is 25.7 Å². The van der Waals surface area contributed by atoms with Gasteiger partial charge in [0.25, 0.3) is 5.91 Å². The number of halogens is 3. The lowest BCUT2D eigenvalue weighted by molar-refractivity contribution is -0.141. The maximum atomic E-state index is 12.8. The van der Waals surface area contributed by atoms with Crippen LogP contribution in [-0.4, -0.2) is 25.5 Å². The first-order valence-corrected chi connectivity index (χ1v) is 8.42. The highest BCUT2D eigenvalue weighted by molar-refractivity contribution is 6.08. The SMILES string of the molecule is O=C(Nc1ccccc1)c1cnn2ccc(Nc3cccc(C(F)(F)F)n3)nc12. The fourth-order valence-electron chi connectivity index (χ4n) is 2.61. The molecule has 0 bridgehead atoms. The number of alkyl halides is 3. The summed E-state index contributed by atoms with van der Waals surface area (Å²) in [6.45, 7) is 0. The Bertz CT molecular complexity index is 1170. The number of nitrogens with zero attached hydrogens (tertiary/aromatic N) is 4. The fraction of sp³-hybridized carbons (Fsp3) is 0.0526. The molecule has 0 atom stereocenters. The third kappa shape index (κ3) is 4.00. The summed E-state index contributed by atoms with van der Waals surface area (Å²) in [6, 6.07) is 13.9. The lowest BCUT2D eigenvalue weighted by atomic mass is 10.2. The van der Waals surface area contributed by atoms with Crippen molar-refractivity contribution >= 4 is 28.9 Å². The zero-order chi connectivity index (χ0) is 20.4. The molecule has 4 aromatic rings. The number of hydrogen-bond acceptors (Lipinski definition) is 5. The molecular weight excluding hydrogens is 385 g/mol. The Hall–Kier alpha value is -3.95. The van der Waals surface area contributed by atoms with E-state index in [1.165, 1.54) is 35.1 Å². The molecule has 0 aliphatic rings. The van der Waals surface area contributed by atoms with Crippen molar-refractivity contribution in [3.8, 4) is 0 Å². The zero-order valence-electron chi connectivity index (χ0n) is 14.7. The van der Waals surface area contributed by atoms with Crippen molar-refractivity contribution in [3.05, 3.63) is 78.2 Å². The minimum atomic E-state index is -4.55. The van der Waals surface area contributed by atoms with Crippen molar-refractivity contribution in [1.29, 1.82) is 0 Å². The normalized spacial score (nSPS) is 11.4. The summed E-state index contributed by atoms with van der Waals surface area (Å²) in [5.41, 5.74) is 0.0556. The quantitative estimate of drug-likeness (QED) is 0.540. The largest absolute Gasteiger partial charge is 0.433 e. The summed E-state index contributed by atoms with van der Waals surface area (Å²) in [5.74, 6) is -0.210. The number of carbonyl (C=O) groups is 1. The van der Waals surface area contributed by atoms with Crippen molar-refractivity contribution in [2.75, 3.05) is 10.6 Å². The van der Waals surface area contributed by atoms with Gasteiger partial charge in [-0.05, 0) is 30.3 Å². The molecule has 3 aromatic heterocycles. The molecule has 146 valence electrons. The highest BCUT2D eigenvalue weighted by atomic mass is 19.4. The molecule has 0 saturated heterocycles. The predicted molar refractivity (Wildman–Crippen MR) is 99.9 cm³/mol. The molecule has 29 heavy (non-hydrogen) atoms. The monoisotopic (exact) mass is 398 g/mol. The Labute approximate surface area is 162 Å². The van der Waals surface area contributed by atoms with Crippen molar-refractivity contribution in [1.82, 2.24) is 19.6 Å².